The first-order chi connectivity index (χ1) is 10.7. The first kappa shape index (κ1) is 18.3. The van der Waals surface area contributed by atoms with Crippen molar-refractivity contribution in [3.63, 3.8) is 0 Å². The Bertz CT molecular complexity index is 525. The molecule has 4 nitrogen and oxygen atoms in total. The molecule has 2 atom stereocenters. The van der Waals surface area contributed by atoms with Crippen molar-refractivity contribution in [1.29, 1.82) is 0 Å². The van der Waals surface area contributed by atoms with Gasteiger partial charge in [0.25, 0.3) is 0 Å². The zero-order valence-electron chi connectivity index (χ0n) is 15.0. The van der Waals surface area contributed by atoms with E-state index in [0.717, 1.165) is 25.0 Å². The van der Waals surface area contributed by atoms with E-state index in [1.807, 2.05) is 12.1 Å². The van der Waals surface area contributed by atoms with E-state index in [2.05, 4.69) is 38.8 Å². The Balaban J connectivity index is 1.88. The van der Waals surface area contributed by atoms with Crippen LogP contribution in [0.25, 0.3) is 0 Å². The summed E-state index contributed by atoms with van der Waals surface area (Å²) in [5.41, 5.74) is 0.994. The molecule has 0 amide bonds. The zero-order valence-corrected chi connectivity index (χ0v) is 16.0. The van der Waals surface area contributed by atoms with Gasteiger partial charge in [-0.2, -0.15) is 0 Å². The summed E-state index contributed by atoms with van der Waals surface area (Å²) < 4.78 is 11.9. The Morgan fingerprint density at radius 1 is 1.39 bits per heavy atom. The molecule has 1 aliphatic rings. The average Bonchev–Trinajstić information content (AvgIpc) is 2.84. The van der Waals surface area contributed by atoms with Gasteiger partial charge in [-0.05, 0) is 42.6 Å². The van der Waals surface area contributed by atoms with Crippen LogP contribution in [0.15, 0.2) is 24.5 Å². The fourth-order valence-electron chi connectivity index (χ4n) is 2.60. The van der Waals surface area contributed by atoms with Crippen LogP contribution < -0.4 is 0 Å². The normalized spacial score (nSPS) is 22.6. The molecular weight excluding hydrogens is 306 g/mol. The van der Waals surface area contributed by atoms with Crippen molar-refractivity contribution in [2.24, 2.45) is 5.92 Å². The Morgan fingerprint density at radius 3 is 2.74 bits per heavy atom. The van der Waals surface area contributed by atoms with Crippen molar-refractivity contribution in [1.82, 2.24) is 4.98 Å². The molecule has 2 unspecified atom stereocenters. The second-order valence-corrected chi connectivity index (χ2v) is 12.7. The van der Waals surface area contributed by atoms with Gasteiger partial charge in [-0.3, -0.25) is 9.78 Å². The van der Waals surface area contributed by atoms with Crippen molar-refractivity contribution in [2.45, 2.75) is 57.8 Å². The number of rotatable bonds is 6. The van der Waals surface area contributed by atoms with Crippen LogP contribution in [-0.4, -0.2) is 32.3 Å². The number of Topliss-reactive ketones (excluding diaryl/α,β-unsaturated/α-hetero) is 1. The highest BCUT2D eigenvalue weighted by molar-refractivity contribution is 6.74. The van der Waals surface area contributed by atoms with Gasteiger partial charge in [0.1, 0.15) is 6.61 Å². The molecule has 0 bridgehead atoms. The third-order valence-electron chi connectivity index (χ3n) is 5.13. The van der Waals surface area contributed by atoms with E-state index in [-0.39, 0.29) is 29.5 Å². The average molecular weight is 336 g/mol. The number of hydrogen-bond donors (Lipinski definition) is 0. The van der Waals surface area contributed by atoms with Gasteiger partial charge < -0.3 is 9.16 Å². The fraction of sp³-hybridized carbons (Fsp3) is 0.667. The van der Waals surface area contributed by atoms with E-state index in [4.69, 9.17) is 9.16 Å². The molecule has 1 aromatic rings. The number of hydrogen-bond acceptors (Lipinski definition) is 4. The number of aromatic nitrogens is 1. The molecule has 0 aliphatic carbocycles. The number of carbonyl (C=O) groups excluding carboxylic acids is 1. The van der Waals surface area contributed by atoms with Gasteiger partial charge in [0, 0.05) is 19.0 Å². The fourth-order valence-corrected chi connectivity index (χ4v) is 3.68. The maximum atomic E-state index is 12.1. The summed E-state index contributed by atoms with van der Waals surface area (Å²) in [5, 5.41) is 0.220. The highest BCUT2D eigenvalue weighted by Gasteiger charge is 2.38. The van der Waals surface area contributed by atoms with Crippen molar-refractivity contribution in [3.8, 4) is 0 Å². The van der Waals surface area contributed by atoms with E-state index >= 15 is 0 Å². The largest absolute Gasteiger partial charge is 0.417 e. The van der Waals surface area contributed by atoms with Crippen molar-refractivity contribution in [2.75, 3.05) is 13.2 Å². The summed E-state index contributed by atoms with van der Waals surface area (Å²) in [6.45, 7) is 12.2. The van der Waals surface area contributed by atoms with Crippen LogP contribution in [0.2, 0.25) is 18.1 Å². The second-order valence-electron chi connectivity index (χ2n) is 7.84. The summed E-state index contributed by atoms with van der Waals surface area (Å²) in [5.74, 6) is 0.133. The quantitative estimate of drug-likeness (QED) is 0.579. The molecular formula is C18H29NO3Si. The Morgan fingerprint density at radius 2 is 2.13 bits per heavy atom. The van der Waals surface area contributed by atoms with E-state index < -0.39 is 8.32 Å². The van der Waals surface area contributed by atoms with Gasteiger partial charge in [-0.25, -0.2) is 0 Å². The van der Waals surface area contributed by atoms with Crippen molar-refractivity contribution in [3.05, 3.63) is 30.1 Å². The monoisotopic (exact) mass is 335 g/mol. The Hall–Kier alpha value is -1.04. The van der Waals surface area contributed by atoms with Crippen LogP contribution in [0, 0.1) is 5.92 Å². The molecule has 0 radical (unpaired) electrons. The molecule has 1 saturated heterocycles. The van der Waals surface area contributed by atoms with Crippen LogP contribution in [-0.2, 0) is 14.0 Å². The Kier molecular flexibility index (Phi) is 5.76. The highest BCUT2D eigenvalue weighted by Crippen LogP contribution is 2.38. The number of ether oxygens (including phenoxy) is 1. The van der Waals surface area contributed by atoms with E-state index in [0.29, 0.717) is 0 Å². The van der Waals surface area contributed by atoms with Crippen LogP contribution in [0.1, 0.15) is 45.3 Å². The molecule has 1 aliphatic heterocycles. The van der Waals surface area contributed by atoms with Gasteiger partial charge in [0.15, 0.2) is 14.1 Å². The van der Waals surface area contributed by atoms with Crippen LogP contribution in [0.4, 0.5) is 0 Å². The lowest BCUT2D eigenvalue weighted by molar-refractivity contribution is -0.120. The summed E-state index contributed by atoms with van der Waals surface area (Å²) in [4.78, 5) is 16.3. The van der Waals surface area contributed by atoms with Crippen LogP contribution in [0.3, 0.4) is 0 Å². The first-order valence-electron chi connectivity index (χ1n) is 8.40. The SMILES string of the molecule is CC(C)(C)[Si](C)(C)OCCCC1C(=O)COC1c1cccnc1. The number of pyridine rings is 1. The summed E-state index contributed by atoms with van der Waals surface area (Å²) in [6, 6.07) is 3.87. The van der Waals surface area contributed by atoms with Gasteiger partial charge >= 0.3 is 0 Å². The Labute approximate surface area is 140 Å². The second kappa shape index (κ2) is 7.24. The molecule has 0 saturated carbocycles. The number of ketones is 1. The minimum Gasteiger partial charge on any atom is -0.417 e. The molecule has 2 heterocycles. The number of nitrogens with zero attached hydrogens (tertiary/aromatic N) is 1. The van der Waals surface area contributed by atoms with Gasteiger partial charge in [-0.15, -0.1) is 0 Å². The smallest absolute Gasteiger partial charge is 0.191 e. The van der Waals surface area contributed by atoms with Crippen LogP contribution in [0.5, 0.6) is 0 Å². The van der Waals surface area contributed by atoms with E-state index in [1.165, 1.54) is 0 Å². The molecule has 128 valence electrons. The van der Waals surface area contributed by atoms with Gasteiger partial charge in [0.05, 0.1) is 12.0 Å². The predicted octanol–water partition coefficient (Wildman–Crippen LogP) is 4.14. The molecule has 0 N–H and O–H groups in total. The standard InChI is InChI=1S/C18H29NO3Si/c1-18(2,3)23(4,5)22-11-7-9-15-16(20)13-21-17(15)14-8-6-10-19-12-14/h6,8,10,12,15,17H,7,9,11,13H2,1-5H3. The van der Waals surface area contributed by atoms with E-state index in [1.54, 1.807) is 12.4 Å². The van der Waals surface area contributed by atoms with Crippen molar-refractivity contribution < 1.29 is 14.0 Å². The predicted molar refractivity (Wildman–Crippen MR) is 93.8 cm³/mol. The molecule has 2 rings (SSSR count). The lowest BCUT2D eigenvalue weighted by Crippen LogP contribution is -2.41. The van der Waals surface area contributed by atoms with Gasteiger partial charge in [0.2, 0.25) is 0 Å². The molecule has 0 aromatic carbocycles. The van der Waals surface area contributed by atoms with E-state index in [9.17, 15) is 4.79 Å². The lowest BCUT2D eigenvalue weighted by atomic mass is 9.91. The first-order valence-corrected chi connectivity index (χ1v) is 11.3. The topological polar surface area (TPSA) is 48.4 Å². The molecule has 5 heteroatoms. The minimum absolute atomic E-state index is 0.0674. The molecule has 0 spiro atoms. The third kappa shape index (κ3) is 4.49. The summed E-state index contributed by atoms with van der Waals surface area (Å²) >= 11 is 0. The maximum Gasteiger partial charge on any atom is 0.191 e. The zero-order chi connectivity index (χ0) is 17.1. The lowest BCUT2D eigenvalue weighted by Gasteiger charge is -2.36. The highest BCUT2D eigenvalue weighted by atomic mass is 28.4. The maximum absolute atomic E-state index is 12.1. The third-order valence-corrected chi connectivity index (χ3v) is 9.66. The summed E-state index contributed by atoms with van der Waals surface area (Å²) in [6.07, 6.45) is 5.09. The summed E-state index contributed by atoms with van der Waals surface area (Å²) in [7, 11) is -1.71. The van der Waals surface area contributed by atoms with Crippen LogP contribution >= 0.6 is 0 Å². The molecule has 1 fully saturated rings. The van der Waals surface area contributed by atoms with Gasteiger partial charge in [-0.1, -0.05) is 26.8 Å². The minimum atomic E-state index is -1.71. The number of carbonyl (C=O) groups is 1. The molecule has 1 aromatic heterocycles. The van der Waals surface area contributed by atoms with Crippen molar-refractivity contribution >= 4 is 14.1 Å². The molecule has 23 heavy (non-hydrogen) atoms.